The molecule has 1 saturated carbocycles. The predicted octanol–water partition coefficient (Wildman–Crippen LogP) is 2.97. The number of hydrogen-bond acceptors (Lipinski definition) is 4. The first-order valence-electron chi connectivity index (χ1n) is 10.7. The van der Waals surface area contributed by atoms with Crippen molar-refractivity contribution in [3.8, 4) is 0 Å². The zero-order chi connectivity index (χ0) is 18.5. The number of likely N-dealkylation sites (tertiary alicyclic amines) is 1. The Balaban J connectivity index is 1.23. The molecule has 0 radical (unpaired) electrons. The number of anilines is 1. The highest BCUT2D eigenvalue weighted by molar-refractivity contribution is 5.92. The fourth-order valence-electron chi connectivity index (χ4n) is 4.93. The van der Waals surface area contributed by atoms with Gasteiger partial charge in [-0.2, -0.15) is 0 Å². The number of rotatable bonds is 5. The molecule has 5 heteroatoms. The molecule has 1 aromatic rings. The van der Waals surface area contributed by atoms with E-state index >= 15 is 0 Å². The number of morpholine rings is 1. The van der Waals surface area contributed by atoms with Gasteiger partial charge >= 0.3 is 0 Å². The first-order chi connectivity index (χ1) is 13.3. The van der Waals surface area contributed by atoms with E-state index in [0.717, 1.165) is 63.5 Å². The van der Waals surface area contributed by atoms with Crippen molar-refractivity contribution in [1.29, 1.82) is 0 Å². The molecule has 2 aliphatic heterocycles. The lowest BCUT2D eigenvalue weighted by Crippen LogP contribution is -2.44. The van der Waals surface area contributed by atoms with Gasteiger partial charge in [0.1, 0.15) is 0 Å². The van der Waals surface area contributed by atoms with Crippen LogP contribution in [0.25, 0.3) is 0 Å². The van der Waals surface area contributed by atoms with Crippen molar-refractivity contribution in [2.45, 2.75) is 38.6 Å². The van der Waals surface area contributed by atoms with Gasteiger partial charge in [-0.15, -0.1) is 0 Å². The Hall–Kier alpha value is -1.43. The number of carbonyl (C=O) groups is 1. The summed E-state index contributed by atoms with van der Waals surface area (Å²) in [6, 6.07) is 8.30. The van der Waals surface area contributed by atoms with E-state index in [1.807, 2.05) is 12.1 Å². The van der Waals surface area contributed by atoms with Crippen LogP contribution >= 0.6 is 0 Å². The topological polar surface area (TPSA) is 44.8 Å². The molecule has 0 aromatic heterocycles. The van der Waals surface area contributed by atoms with E-state index < -0.39 is 0 Å². The van der Waals surface area contributed by atoms with Gasteiger partial charge in [0.2, 0.25) is 5.91 Å². The lowest BCUT2D eigenvalue weighted by atomic mass is 9.75. The van der Waals surface area contributed by atoms with E-state index in [1.54, 1.807) is 0 Å². The lowest BCUT2D eigenvalue weighted by Gasteiger charge is -2.41. The summed E-state index contributed by atoms with van der Waals surface area (Å²) in [4.78, 5) is 17.2. The van der Waals surface area contributed by atoms with Crippen LogP contribution in [0.3, 0.4) is 0 Å². The fraction of sp³-hybridized carbons (Fsp3) is 0.682. The Bertz CT molecular complexity index is 612. The van der Waals surface area contributed by atoms with Crippen LogP contribution in [0.4, 0.5) is 5.69 Å². The first-order valence-corrected chi connectivity index (χ1v) is 10.7. The maximum absolute atomic E-state index is 12.5. The molecule has 4 rings (SSSR count). The van der Waals surface area contributed by atoms with Crippen LogP contribution in [-0.2, 0) is 16.1 Å². The molecule has 2 heterocycles. The Morgan fingerprint density at radius 1 is 0.963 bits per heavy atom. The molecule has 2 saturated heterocycles. The second-order valence-corrected chi connectivity index (χ2v) is 8.46. The van der Waals surface area contributed by atoms with Gasteiger partial charge in [0.25, 0.3) is 0 Å². The molecule has 3 aliphatic rings. The van der Waals surface area contributed by atoms with Gasteiger partial charge in [-0.05, 0) is 48.9 Å². The third kappa shape index (κ3) is 5.31. The zero-order valence-corrected chi connectivity index (χ0v) is 16.4. The second kappa shape index (κ2) is 9.18. The molecule has 1 N–H and O–H groups in total. The average Bonchev–Trinajstić information content (AvgIpc) is 2.70. The highest BCUT2D eigenvalue weighted by Crippen LogP contribution is 2.35. The SMILES string of the molecule is O=C(CN1CC[C@@H]2CCCC[C@@H]2C1)Nc1ccc(CN2CCOCC2)cc1. The summed E-state index contributed by atoms with van der Waals surface area (Å²) in [6.45, 7) is 7.31. The van der Waals surface area contributed by atoms with Crippen LogP contribution in [0, 0.1) is 11.8 Å². The fourth-order valence-corrected chi connectivity index (χ4v) is 4.93. The van der Waals surface area contributed by atoms with Crippen LogP contribution in [0.2, 0.25) is 0 Å². The smallest absolute Gasteiger partial charge is 0.238 e. The molecule has 0 spiro atoms. The minimum absolute atomic E-state index is 0.116. The van der Waals surface area contributed by atoms with E-state index in [4.69, 9.17) is 4.74 Å². The molecule has 1 aromatic carbocycles. The highest BCUT2D eigenvalue weighted by Gasteiger charge is 2.31. The van der Waals surface area contributed by atoms with Gasteiger partial charge in [-0.3, -0.25) is 14.6 Å². The van der Waals surface area contributed by atoms with Gasteiger partial charge in [-0.1, -0.05) is 31.4 Å². The molecule has 2 atom stereocenters. The van der Waals surface area contributed by atoms with Crippen molar-refractivity contribution in [3.05, 3.63) is 29.8 Å². The van der Waals surface area contributed by atoms with Crippen LogP contribution in [-0.4, -0.2) is 61.6 Å². The molecule has 1 aliphatic carbocycles. The number of piperidine rings is 1. The van der Waals surface area contributed by atoms with Crippen molar-refractivity contribution in [2.24, 2.45) is 11.8 Å². The zero-order valence-electron chi connectivity index (χ0n) is 16.4. The Labute approximate surface area is 163 Å². The number of ether oxygens (including phenoxy) is 1. The van der Waals surface area contributed by atoms with E-state index in [9.17, 15) is 4.79 Å². The molecule has 5 nitrogen and oxygen atoms in total. The van der Waals surface area contributed by atoms with Gasteiger partial charge in [0.15, 0.2) is 0 Å². The molecule has 27 heavy (non-hydrogen) atoms. The number of nitrogens with one attached hydrogen (secondary N) is 1. The van der Waals surface area contributed by atoms with Crippen molar-refractivity contribution < 1.29 is 9.53 Å². The normalized spacial score (nSPS) is 27.1. The lowest BCUT2D eigenvalue weighted by molar-refractivity contribution is -0.118. The second-order valence-electron chi connectivity index (χ2n) is 8.46. The number of amides is 1. The Morgan fingerprint density at radius 3 is 2.48 bits per heavy atom. The molecular formula is C22H33N3O2. The van der Waals surface area contributed by atoms with Crippen molar-refractivity contribution in [1.82, 2.24) is 9.80 Å². The van der Waals surface area contributed by atoms with Gasteiger partial charge in [0.05, 0.1) is 19.8 Å². The van der Waals surface area contributed by atoms with E-state index in [0.29, 0.717) is 6.54 Å². The minimum Gasteiger partial charge on any atom is -0.379 e. The van der Waals surface area contributed by atoms with E-state index in [2.05, 4.69) is 27.2 Å². The van der Waals surface area contributed by atoms with E-state index in [1.165, 1.54) is 37.7 Å². The summed E-state index contributed by atoms with van der Waals surface area (Å²) < 4.78 is 5.40. The number of benzene rings is 1. The highest BCUT2D eigenvalue weighted by atomic mass is 16.5. The van der Waals surface area contributed by atoms with Gasteiger partial charge < -0.3 is 10.1 Å². The van der Waals surface area contributed by atoms with Crippen molar-refractivity contribution in [3.63, 3.8) is 0 Å². The standard InChI is InChI=1S/C22H33N3O2/c26-22(17-25-10-9-19-3-1-2-4-20(19)16-25)23-21-7-5-18(6-8-21)15-24-11-13-27-14-12-24/h5-8,19-20H,1-4,9-17H2,(H,23,26)/t19-,20+/m0/s1. The molecule has 0 unspecified atom stereocenters. The summed E-state index contributed by atoms with van der Waals surface area (Å²) in [6.07, 6.45) is 6.81. The number of nitrogens with zero attached hydrogens (tertiary/aromatic N) is 2. The number of carbonyl (C=O) groups excluding carboxylic acids is 1. The number of fused-ring (bicyclic) bond motifs is 1. The maximum atomic E-state index is 12.5. The molecule has 148 valence electrons. The Kier molecular flexibility index (Phi) is 6.43. The minimum atomic E-state index is 0.116. The summed E-state index contributed by atoms with van der Waals surface area (Å²) in [5.74, 6) is 1.85. The molecule has 0 bridgehead atoms. The van der Waals surface area contributed by atoms with Gasteiger partial charge in [0, 0.05) is 31.9 Å². The van der Waals surface area contributed by atoms with Gasteiger partial charge in [-0.25, -0.2) is 0 Å². The molecule has 1 amide bonds. The van der Waals surface area contributed by atoms with Crippen molar-refractivity contribution in [2.75, 3.05) is 51.3 Å². The summed E-state index contributed by atoms with van der Waals surface area (Å²) >= 11 is 0. The average molecular weight is 372 g/mol. The first kappa shape index (κ1) is 18.9. The largest absolute Gasteiger partial charge is 0.379 e. The quantitative estimate of drug-likeness (QED) is 0.864. The van der Waals surface area contributed by atoms with Crippen LogP contribution in [0.1, 0.15) is 37.7 Å². The van der Waals surface area contributed by atoms with Crippen molar-refractivity contribution >= 4 is 11.6 Å². The maximum Gasteiger partial charge on any atom is 0.238 e. The van der Waals surface area contributed by atoms with Crippen LogP contribution in [0.5, 0.6) is 0 Å². The third-order valence-electron chi connectivity index (χ3n) is 6.49. The summed E-state index contributed by atoms with van der Waals surface area (Å²) in [7, 11) is 0. The Morgan fingerprint density at radius 2 is 1.70 bits per heavy atom. The summed E-state index contributed by atoms with van der Waals surface area (Å²) in [5.41, 5.74) is 2.19. The predicted molar refractivity (Wildman–Crippen MR) is 108 cm³/mol. The summed E-state index contributed by atoms with van der Waals surface area (Å²) in [5, 5.41) is 3.08. The number of hydrogen-bond donors (Lipinski definition) is 1. The van der Waals surface area contributed by atoms with Crippen LogP contribution < -0.4 is 5.32 Å². The molecular weight excluding hydrogens is 338 g/mol. The third-order valence-corrected chi connectivity index (χ3v) is 6.49. The van der Waals surface area contributed by atoms with E-state index in [-0.39, 0.29) is 5.91 Å². The monoisotopic (exact) mass is 371 g/mol. The van der Waals surface area contributed by atoms with Crippen LogP contribution in [0.15, 0.2) is 24.3 Å². The molecule has 3 fully saturated rings.